The molecule has 7 nitrogen and oxygen atoms in total. The predicted octanol–water partition coefficient (Wildman–Crippen LogP) is 5.83. The van der Waals surface area contributed by atoms with E-state index in [-0.39, 0.29) is 18.2 Å². The molecular formula is C26H18ClNO6S. The number of hydrogen-bond donors (Lipinski definition) is 0. The van der Waals surface area contributed by atoms with Crippen LogP contribution in [-0.2, 0) is 11.3 Å². The number of thioether (sulfide) groups is 1. The lowest BCUT2D eigenvalue weighted by Gasteiger charge is -2.14. The van der Waals surface area contributed by atoms with E-state index in [4.69, 9.17) is 25.8 Å². The first-order valence-corrected chi connectivity index (χ1v) is 11.8. The molecular weight excluding hydrogens is 490 g/mol. The number of amides is 2. The third kappa shape index (κ3) is 4.89. The maximum atomic E-state index is 13.0. The van der Waals surface area contributed by atoms with E-state index in [9.17, 15) is 14.4 Å². The molecule has 3 aromatic carbocycles. The molecule has 0 aliphatic carbocycles. The number of imide groups is 1. The predicted molar refractivity (Wildman–Crippen MR) is 132 cm³/mol. The number of nitrogens with zero attached hydrogens (tertiary/aromatic N) is 1. The lowest BCUT2D eigenvalue weighted by atomic mass is 10.1. The minimum atomic E-state index is -0.483. The summed E-state index contributed by atoms with van der Waals surface area (Å²) in [6.45, 7) is 2.04. The van der Waals surface area contributed by atoms with Gasteiger partial charge >= 0.3 is 5.97 Å². The van der Waals surface area contributed by atoms with Crippen molar-refractivity contribution in [2.45, 2.75) is 13.5 Å². The zero-order chi connectivity index (χ0) is 24.5. The molecule has 9 heteroatoms. The second-order valence-corrected chi connectivity index (χ2v) is 9.29. The average Bonchev–Trinajstić information content (AvgIpc) is 3.39. The summed E-state index contributed by atoms with van der Waals surface area (Å²) in [7, 11) is 0. The van der Waals surface area contributed by atoms with E-state index >= 15 is 0 Å². The van der Waals surface area contributed by atoms with Crippen molar-refractivity contribution in [2.24, 2.45) is 0 Å². The van der Waals surface area contributed by atoms with Crippen molar-refractivity contribution in [3.63, 3.8) is 0 Å². The van der Waals surface area contributed by atoms with Crippen LogP contribution < -0.4 is 14.2 Å². The molecule has 3 aromatic rings. The van der Waals surface area contributed by atoms with Crippen molar-refractivity contribution >= 4 is 46.6 Å². The minimum Gasteiger partial charge on any atom is -0.454 e. The number of carbonyl (C=O) groups is 3. The molecule has 2 amide bonds. The van der Waals surface area contributed by atoms with Crippen LogP contribution in [0.2, 0.25) is 5.02 Å². The second kappa shape index (κ2) is 9.48. The number of carbonyl (C=O) groups excluding carboxylic acids is 3. The molecule has 1 fully saturated rings. The van der Waals surface area contributed by atoms with Crippen LogP contribution in [0.5, 0.6) is 17.2 Å². The summed E-state index contributed by atoms with van der Waals surface area (Å²) < 4.78 is 16.1. The number of rotatable bonds is 5. The molecule has 0 atom stereocenters. The van der Waals surface area contributed by atoms with Gasteiger partial charge in [-0.05, 0) is 66.2 Å². The third-order valence-electron chi connectivity index (χ3n) is 5.40. The SMILES string of the molecule is Cc1ccc(C(=O)Oc2cccc(/C=C3\SC(=O)N(Cc4cc5c(cc4Cl)OCO5)C3=O)c2)cc1. The van der Waals surface area contributed by atoms with Crippen LogP contribution in [0.1, 0.15) is 27.0 Å². The largest absolute Gasteiger partial charge is 0.454 e. The molecule has 1 saturated heterocycles. The van der Waals surface area contributed by atoms with Gasteiger partial charge in [-0.3, -0.25) is 14.5 Å². The number of ether oxygens (including phenoxy) is 3. The van der Waals surface area contributed by atoms with Gasteiger partial charge in [0.15, 0.2) is 11.5 Å². The molecule has 0 bridgehead atoms. The molecule has 5 rings (SSSR count). The fourth-order valence-electron chi connectivity index (χ4n) is 3.56. The first-order valence-electron chi connectivity index (χ1n) is 10.6. The van der Waals surface area contributed by atoms with Gasteiger partial charge in [-0.15, -0.1) is 0 Å². The molecule has 0 radical (unpaired) electrons. The quantitative estimate of drug-likeness (QED) is 0.244. The van der Waals surface area contributed by atoms with Gasteiger partial charge < -0.3 is 14.2 Å². The summed E-state index contributed by atoms with van der Waals surface area (Å²) in [5, 5.41) is -0.0303. The number of fused-ring (bicyclic) bond motifs is 1. The Labute approximate surface area is 210 Å². The van der Waals surface area contributed by atoms with E-state index in [2.05, 4.69) is 0 Å². The van der Waals surface area contributed by atoms with Gasteiger partial charge in [0.25, 0.3) is 11.1 Å². The Morgan fingerprint density at radius 1 is 1.09 bits per heavy atom. The Kier molecular flexibility index (Phi) is 6.23. The van der Waals surface area contributed by atoms with Crippen molar-refractivity contribution < 1.29 is 28.6 Å². The van der Waals surface area contributed by atoms with E-state index in [1.54, 1.807) is 54.6 Å². The number of hydrogen-bond acceptors (Lipinski definition) is 7. The summed E-state index contributed by atoms with van der Waals surface area (Å²) in [6, 6.07) is 17.1. The third-order valence-corrected chi connectivity index (χ3v) is 6.66. The summed E-state index contributed by atoms with van der Waals surface area (Å²) in [5.41, 5.74) is 2.66. The highest BCUT2D eigenvalue weighted by Gasteiger charge is 2.35. The van der Waals surface area contributed by atoms with Gasteiger partial charge in [-0.1, -0.05) is 41.4 Å². The van der Waals surface area contributed by atoms with Crippen molar-refractivity contribution in [2.75, 3.05) is 6.79 Å². The maximum absolute atomic E-state index is 13.0. The Morgan fingerprint density at radius 2 is 1.83 bits per heavy atom. The van der Waals surface area contributed by atoms with E-state index in [0.29, 0.717) is 39.0 Å². The molecule has 2 aliphatic rings. The van der Waals surface area contributed by atoms with Gasteiger partial charge in [0, 0.05) is 11.1 Å². The average molecular weight is 508 g/mol. The Balaban J connectivity index is 1.31. The van der Waals surface area contributed by atoms with Crippen LogP contribution in [0.4, 0.5) is 4.79 Å². The lowest BCUT2D eigenvalue weighted by molar-refractivity contribution is -0.123. The molecule has 0 spiro atoms. The molecule has 176 valence electrons. The molecule has 0 aromatic heterocycles. The molecule has 2 heterocycles. The molecule has 0 saturated carbocycles. The van der Waals surface area contributed by atoms with Gasteiger partial charge in [0.2, 0.25) is 6.79 Å². The van der Waals surface area contributed by atoms with Crippen molar-refractivity contribution in [1.82, 2.24) is 4.90 Å². The van der Waals surface area contributed by atoms with E-state index < -0.39 is 17.1 Å². The van der Waals surface area contributed by atoms with Crippen molar-refractivity contribution in [1.29, 1.82) is 0 Å². The smallest absolute Gasteiger partial charge is 0.343 e. The first kappa shape index (κ1) is 23.0. The lowest BCUT2D eigenvalue weighted by Crippen LogP contribution is -2.27. The van der Waals surface area contributed by atoms with Crippen LogP contribution in [0.3, 0.4) is 0 Å². The number of esters is 1. The maximum Gasteiger partial charge on any atom is 0.343 e. The van der Waals surface area contributed by atoms with Gasteiger partial charge in [-0.2, -0.15) is 0 Å². The zero-order valence-electron chi connectivity index (χ0n) is 18.4. The van der Waals surface area contributed by atoms with Crippen LogP contribution >= 0.6 is 23.4 Å². The Hall–Kier alpha value is -3.75. The van der Waals surface area contributed by atoms with E-state index in [1.165, 1.54) is 0 Å². The van der Waals surface area contributed by atoms with Crippen LogP contribution in [0.25, 0.3) is 6.08 Å². The molecule has 2 aliphatic heterocycles. The van der Waals surface area contributed by atoms with Gasteiger partial charge in [-0.25, -0.2) is 4.79 Å². The molecule has 0 unspecified atom stereocenters. The number of halogens is 1. The highest BCUT2D eigenvalue weighted by Crippen LogP contribution is 2.39. The number of benzene rings is 3. The highest BCUT2D eigenvalue weighted by molar-refractivity contribution is 8.18. The van der Waals surface area contributed by atoms with E-state index in [1.807, 2.05) is 19.1 Å². The van der Waals surface area contributed by atoms with E-state index in [0.717, 1.165) is 22.2 Å². The summed E-state index contributed by atoms with van der Waals surface area (Å²) in [5.74, 6) is 0.453. The number of aryl methyl sites for hydroxylation is 1. The highest BCUT2D eigenvalue weighted by atomic mass is 35.5. The first-order chi connectivity index (χ1) is 16.9. The normalized spacial score (nSPS) is 15.7. The second-order valence-electron chi connectivity index (χ2n) is 7.89. The van der Waals surface area contributed by atoms with Crippen LogP contribution in [0.15, 0.2) is 65.6 Å². The minimum absolute atomic E-state index is 0.00564. The Bertz CT molecular complexity index is 1390. The summed E-state index contributed by atoms with van der Waals surface area (Å²) in [4.78, 5) is 39.4. The van der Waals surface area contributed by atoms with Crippen molar-refractivity contribution in [3.8, 4) is 17.2 Å². The topological polar surface area (TPSA) is 82.1 Å². The summed E-state index contributed by atoms with van der Waals surface area (Å²) >= 11 is 7.15. The molecule has 0 N–H and O–H groups in total. The fraction of sp³-hybridized carbons (Fsp3) is 0.115. The monoisotopic (exact) mass is 507 g/mol. The summed E-state index contributed by atoms with van der Waals surface area (Å²) in [6.07, 6.45) is 1.59. The van der Waals surface area contributed by atoms with Gasteiger partial charge in [0.05, 0.1) is 17.0 Å². The standard InChI is InChI=1S/C26H18ClNO6S/c1-15-5-7-17(8-6-15)25(30)34-19-4-2-3-16(9-19)10-23-24(29)28(26(31)35-23)13-18-11-21-22(12-20(18)27)33-14-32-21/h2-12H,13-14H2,1H3/b23-10-. The fourth-order valence-corrected chi connectivity index (χ4v) is 4.61. The van der Waals surface area contributed by atoms with Crippen LogP contribution in [-0.4, -0.2) is 28.8 Å². The Morgan fingerprint density at radius 3 is 2.60 bits per heavy atom. The molecule has 35 heavy (non-hydrogen) atoms. The van der Waals surface area contributed by atoms with Crippen molar-refractivity contribution in [3.05, 3.63) is 92.8 Å². The van der Waals surface area contributed by atoms with Crippen LogP contribution in [0, 0.1) is 6.92 Å². The zero-order valence-corrected chi connectivity index (χ0v) is 20.0. The van der Waals surface area contributed by atoms with Gasteiger partial charge in [0.1, 0.15) is 5.75 Å².